The minimum absolute atomic E-state index is 0.0463. The van der Waals surface area contributed by atoms with Gasteiger partial charge in [-0.25, -0.2) is 0 Å². The third kappa shape index (κ3) is 2.89. The summed E-state index contributed by atoms with van der Waals surface area (Å²) in [7, 11) is 0. The van der Waals surface area contributed by atoms with Crippen LogP contribution < -0.4 is 0 Å². The van der Waals surface area contributed by atoms with E-state index in [2.05, 4.69) is 0 Å². The molecule has 0 aliphatic carbocycles. The molecule has 0 saturated carbocycles. The summed E-state index contributed by atoms with van der Waals surface area (Å²) in [6, 6.07) is 3.21. The maximum atomic E-state index is 8.56. The number of benzene rings is 1. The predicted molar refractivity (Wildman–Crippen MR) is 57.6 cm³/mol. The second kappa shape index (κ2) is 4.87. The summed E-state index contributed by atoms with van der Waals surface area (Å²) in [4.78, 5) is 0. The first kappa shape index (κ1) is 10.9. The summed E-state index contributed by atoms with van der Waals surface area (Å²) in [6.45, 7) is -0.0463. The molecule has 0 spiro atoms. The number of aliphatic hydroxyl groups is 1. The normalized spacial score (nSPS) is 11.1. The van der Waals surface area contributed by atoms with Crippen LogP contribution in [0.15, 0.2) is 18.2 Å². The van der Waals surface area contributed by atoms with Gasteiger partial charge in [0.2, 0.25) is 0 Å². The summed E-state index contributed by atoms with van der Waals surface area (Å²) in [6.07, 6.45) is 3.21. The Morgan fingerprint density at radius 2 is 1.69 bits per heavy atom. The average Bonchev–Trinajstić information content (AvgIpc) is 2.02. The van der Waals surface area contributed by atoms with E-state index in [1.807, 2.05) is 0 Å². The lowest BCUT2D eigenvalue weighted by Crippen LogP contribution is -1.80. The van der Waals surface area contributed by atoms with Crippen molar-refractivity contribution in [3.8, 4) is 0 Å². The molecule has 70 valence electrons. The first-order valence-electron chi connectivity index (χ1n) is 3.57. The van der Waals surface area contributed by atoms with Crippen LogP contribution in [0, 0.1) is 0 Å². The molecule has 1 aromatic carbocycles. The van der Waals surface area contributed by atoms with Crippen molar-refractivity contribution >= 4 is 40.9 Å². The molecule has 0 fully saturated rings. The molecule has 0 amide bonds. The second-order valence-electron chi connectivity index (χ2n) is 2.37. The van der Waals surface area contributed by atoms with Crippen LogP contribution >= 0.6 is 34.8 Å². The molecule has 1 rings (SSSR count). The number of hydrogen-bond acceptors (Lipinski definition) is 1. The molecule has 1 nitrogen and oxygen atoms in total. The Hall–Kier alpha value is -0.210. The maximum absolute atomic E-state index is 8.56. The summed E-state index contributed by atoms with van der Waals surface area (Å²) in [5, 5.41) is 10.0. The van der Waals surface area contributed by atoms with Gasteiger partial charge in [-0.2, -0.15) is 0 Å². The van der Waals surface area contributed by atoms with Crippen LogP contribution in [0.5, 0.6) is 0 Å². The van der Waals surface area contributed by atoms with E-state index in [4.69, 9.17) is 39.9 Å². The molecule has 0 bridgehead atoms. The number of aliphatic hydroxyl groups excluding tert-OH is 1. The third-order valence-corrected chi connectivity index (χ3v) is 2.28. The van der Waals surface area contributed by atoms with Crippen molar-refractivity contribution in [2.75, 3.05) is 6.61 Å². The van der Waals surface area contributed by atoms with Crippen molar-refractivity contribution in [1.29, 1.82) is 0 Å². The van der Waals surface area contributed by atoms with E-state index in [1.54, 1.807) is 24.3 Å². The molecule has 0 heterocycles. The van der Waals surface area contributed by atoms with Crippen LogP contribution in [0.2, 0.25) is 15.1 Å². The van der Waals surface area contributed by atoms with Gasteiger partial charge >= 0.3 is 0 Å². The largest absolute Gasteiger partial charge is 0.392 e. The highest BCUT2D eigenvalue weighted by atomic mass is 35.5. The molecular formula is C9H7Cl3O. The van der Waals surface area contributed by atoms with Crippen molar-refractivity contribution in [2.24, 2.45) is 0 Å². The fourth-order valence-electron chi connectivity index (χ4n) is 0.883. The van der Waals surface area contributed by atoms with E-state index in [9.17, 15) is 0 Å². The van der Waals surface area contributed by atoms with Crippen molar-refractivity contribution < 1.29 is 5.11 Å². The minimum atomic E-state index is -0.0463. The first-order chi connectivity index (χ1) is 6.15. The van der Waals surface area contributed by atoms with Gasteiger partial charge in [-0.1, -0.05) is 47.0 Å². The molecule has 4 heteroatoms. The Balaban J connectivity index is 3.13. The average molecular weight is 238 g/mol. The van der Waals surface area contributed by atoms with Crippen LogP contribution in [-0.4, -0.2) is 11.7 Å². The summed E-state index contributed by atoms with van der Waals surface area (Å²) >= 11 is 17.5. The third-order valence-electron chi connectivity index (χ3n) is 1.43. The Kier molecular flexibility index (Phi) is 4.07. The molecule has 0 atom stereocenters. The van der Waals surface area contributed by atoms with Gasteiger partial charge in [0.15, 0.2) is 0 Å². The smallest absolute Gasteiger partial charge is 0.0615 e. The van der Waals surface area contributed by atoms with Gasteiger partial charge < -0.3 is 5.11 Å². The highest BCUT2D eigenvalue weighted by Crippen LogP contribution is 2.29. The predicted octanol–water partition coefficient (Wildman–Crippen LogP) is 3.65. The van der Waals surface area contributed by atoms with E-state index < -0.39 is 0 Å². The van der Waals surface area contributed by atoms with Gasteiger partial charge in [0.1, 0.15) is 0 Å². The van der Waals surface area contributed by atoms with E-state index in [0.717, 1.165) is 0 Å². The quantitative estimate of drug-likeness (QED) is 0.832. The Bertz CT molecular complexity index is 311. The number of halogens is 3. The topological polar surface area (TPSA) is 20.2 Å². The summed E-state index contributed by atoms with van der Waals surface area (Å²) in [5.74, 6) is 0. The van der Waals surface area contributed by atoms with Gasteiger partial charge in [-0.15, -0.1) is 0 Å². The highest BCUT2D eigenvalue weighted by molar-refractivity contribution is 6.40. The molecule has 13 heavy (non-hydrogen) atoms. The summed E-state index contributed by atoms with van der Waals surface area (Å²) < 4.78 is 0. The van der Waals surface area contributed by atoms with Gasteiger partial charge in [0.25, 0.3) is 0 Å². The van der Waals surface area contributed by atoms with Gasteiger partial charge in [0, 0.05) is 10.6 Å². The van der Waals surface area contributed by atoms with Gasteiger partial charge in [-0.05, 0) is 12.1 Å². The summed E-state index contributed by atoms with van der Waals surface area (Å²) in [5.41, 5.74) is 0.668. The van der Waals surface area contributed by atoms with E-state index in [1.165, 1.54) is 0 Å². The molecule has 0 aliphatic rings. The standard InChI is InChI=1S/C9H7Cl3O/c10-6-4-8(11)7(2-1-3-13)9(12)5-6/h1-2,4-5,13H,3H2. The van der Waals surface area contributed by atoms with Gasteiger partial charge in [0.05, 0.1) is 16.7 Å². The molecule has 0 aliphatic heterocycles. The fourth-order valence-corrected chi connectivity index (χ4v) is 1.83. The number of rotatable bonds is 2. The SMILES string of the molecule is OCC=Cc1c(Cl)cc(Cl)cc1Cl. The van der Waals surface area contributed by atoms with Crippen molar-refractivity contribution in [3.63, 3.8) is 0 Å². The Morgan fingerprint density at radius 3 is 2.15 bits per heavy atom. The lowest BCUT2D eigenvalue weighted by Gasteiger charge is -2.01. The molecule has 0 unspecified atom stereocenters. The van der Waals surface area contributed by atoms with Crippen LogP contribution in [0.1, 0.15) is 5.56 Å². The van der Waals surface area contributed by atoms with Crippen molar-refractivity contribution in [3.05, 3.63) is 38.8 Å². The minimum Gasteiger partial charge on any atom is -0.392 e. The Morgan fingerprint density at radius 1 is 1.15 bits per heavy atom. The lowest BCUT2D eigenvalue weighted by atomic mass is 10.2. The highest BCUT2D eigenvalue weighted by Gasteiger charge is 2.03. The molecule has 0 aromatic heterocycles. The first-order valence-corrected chi connectivity index (χ1v) is 4.70. The van der Waals surface area contributed by atoms with E-state index in [0.29, 0.717) is 20.6 Å². The zero-order valence-corrected chi connectivity index (χ0v) is 8.87. The maximum Gasteiger partial charge on any atom is 0.0615 e. The molecule has 1 aromatic rings. The zero-order chi connectivity index (χ0) is 9.84. The monoisotopic (exact) mass is 236 g/mol. The van der Waals surface area contributed by atoms with Crippen molar-refractivity contribution in [1.82, 2.24) is 0 Å². The van der Waals surface area contributed by atoms with Crippen LogP contribution in [-0.2, 0) is 0 Å². The van der Waals surface area contributed by atoms with Crippen LogP contribution in [0.3, 0.4) is 0 Å². The molecule has 0 saturated heterocycles. The molecular weight excluding hydrogens is 230 g/mol. The fraction of sp³-hybridized carbons (Fsp3) is 0.111. The lowest BCUT2D eigenvalue weighted by molar-refractivity contribution is 0.343. The zero-order valence-electron chi connectivity index (χ0n) is 6.60. The Labute approximate surface area is 91.5 Å². The van der Waals surface area contributed by atoms with Crippen LogP contribution in [0.4, 0.5) is 0 Å². The van der Waals surface area contributed by atoms with Crippen molar-refractivity contribution in [2.45, 2.75) is 0 Å². The van der Waals surface area contributed by atoms with E-state index in [-0.39, 0.29) is 6.61 Å². The van der Waals surface area contributed by atoms with E-state index >= 15 is 0 Å². The molecule has 1 N–H and O–H groups in total. The van der Waals surface area contributed by atoms with Crippen LogP contribution in [0.25, 0.3) is 6.08 Å². The van der Waals surface area contributed by atoms with Gasteiger partial charge in [-0.3, -0.25) is 0 Å². The number of hydrogen-bond donors (Lipinski definition) is 1. The second-order valence-corrected chi connectivity index (χ2v) is 3.62. The molecule has 0 radical (unpaired) electrons.